The van der Waals surface area contributed by atoms with Crippen molar-refractivity contribution in [3.05, 3.63) is 102 Å². The zero-order valence-electron chi connectivity index (χ0n) is 19.7. The van der Waals surface area contributed by atoms with E-state index < -0.39 is 0 Å². The lowest BCUT2D eigenvalue weighted by molar-refractivity contribution is -0.122. The van der Waals surface area contributed by atoms with Crippen LogP contribution < -0.4 is 15.5 Å². The highest BCUT2D eigenvalue weighted by molar-refractivity contribution is 6.22. The Morgan fingerprint density at radius 2 is 1.39 bits per heavy atom. The van der Waals surface area contributed by atoms with Gasteiger partial charge in [0.05, 0.1) is 17.5 Å². The van der Waals surface area contributed by atoms with E-state index in [0.717, 1.165) is 5.57 Å². The normalized spacial score (nSPS) is 18.9. The molecule has 36 heavy (non-hydrogen) atoms. The van der Waals surface area contributed by atoms with Gasteiger partial charge < -0.3 is 10.6 Å². The van der Waals surface area contributed by atoms with Gasteiger partial charge in [0.1, 0.15) is 0 Å². The van der Waals surface area contributed by atoms with Crippen LogP contribution in [0.1, 0.15) is 40.5 Å². The number of allylic oxidation sites excluding steroid dienone is 2. The van der Waals surface area contributed by atoms with E-state index in [2.05, 4.69) is 10.6 Å². The number of anilines is 3. The van der Waals surface area contributed by atoms with Gasteiger partial charge in [0.25, 0.3) is 11.8 Å². The molecule has 5 rings (SSSR count). The molecule has 7 nitrogen and oxygen atoms in total. The fraction of sp³-hybridized carbons (Fsp3) is 0.172. The molecule has 1 aliphatic carbocycles. The van der Waals surface area contributed by atoms with Crippen LogP contribution >= 0.6 is 0 Å². The summed E-state index contributed by atoms with van der Waals surface area (Å²) in [5.41, 5.74) is 3.51. The average molecular weight is 480 g/mol. The molecule has 0 radical (unpaired) electrons. The predicted molar refractivity (Wildman–Crippen MR) is 138 cm³/mol. The Hall–Kier alpha value is -4.52. The molecular formula is C29H25N3O4. The number of para-hydroxylation sites is 1. The van der Waals surface area contributed by atoms with E-state index in [4.69, 9.17) is 0 Å². The average Bonchev–Trinajstić information content (AvgIpc) is 3.14. The lowest BCUT2D eigenvalue weighted by Gasteiger charge is -2.18. The first-order valence-corrected chi connectivity index (χ1v) is 11.8. The first kappa shape index (κ1) is 23.2. The van der Waals surface area contributed by atoms with Crippen LogP contribution in [0.2, 0.25) is 0 Å². The number of nitrogens with one attached hydrogen (secondary N) is 2. The number of benzene rings is 3. The van der Waals surface area contributed by atoms with Gasteiger partial charge in [-0.15, -0.1) is 0 Å². The fourth-order valence-electron chi connectivity index (χ4n) is 4.71. The number of fused-ring (bicyclic) bond motifs is 1. The smallest absolute Gasteiger partial charge is 0.255 e. The standard InChI is InChI=1S/C29H25N3O4/c1-18-10-15-24-25(16-18)29(36)32(28(24)35)23-9-5-6-20(17-23)27(34)31-22-13-11-19(12-14-22)26(33)30-21-7-3-2-4-8-21/h2-14,17,24-25H,15-16H2,1H3,(H,30,33)(H,31,34)/t24-,25+/m0/s1. The third-order valence-corrected chi connectivity index (χ3v) is 6.63. The molecule has 1 aliphatic heterocycles. The zero-order valence-corrected chi connectivity index (χ0v) is 19.7. The second-order valence-electron chi connectivity index (χ2n) is 9.12. The number of rotatable bonds is 5. The summed E-state index contributed by atoms with van der Waals surface area (Å²) < 4.78 is 0. The molecule has 3 aromatic rings. The van der Waals surface area contributed by atoms with E-state index >= 15 is 0 Å². The Morgan fingerprint density at radius 3 is 2.11 bits per heavy atom. The van der Waals surface area contributed by atoms with Crippen LogP contribution in [-0.2, 0) is 9.59 Å². The maximum Gasteiger partial charge on any atom is 0.255 e. The van der Waals surface area contributed by atoms with Gasteiger partial charge in [-0.05, 0) is 74.4 Å². The van der Waals surface area contributed by atoms with Crippen LogP contribution in [0.5, 0.6) is 0 Å². The minimum absolute atomic E-state index is 0.209. The Morgan fingerprint density at radius 1 is 0.750 bits per heavy atom. The molecule has 1 saturated heterocycles. The van der Waals surface area contributed by atoms with Gasteiger partial charge in [0.2, 0.25) is 11.8 Å². The second kappa shape index (κ2) is 9.62. The Balaban J connectivity index is 1.27. The van der Waals surface area contributed by atoms with Crippen LogP contribution in [0, 0.1) is 11.8 Å². The summed E-state index contributed by atoms with van der Waals surface area (Å²) in [5, 5.41) is 5.62. The van der Waals surface area contributed by atoms with Crippen molar-refractivity contribution in [3.63, 3.8) is 0 Å². The number of amides is 4. The fourth-order valence-corrected chi connectivity index (χ4v) is 4.71. The van der Waals surface area contributed by atoms with E-state index in [9.17, 15) is 19.2 Å². The maximum atomic E-state index is 13.0. The topological polar surface area (TPSA) is 95.6 Å². The molecule has 0 bridgehead atoms. The maximum absolute atomic E-state index is 13.0. The van der Waals surface area contributed by atoms with Gasteiger partial charge in [-0.25, -0.2) is 0 Å². The van der Waals surface area contributed by atoms with E-state index in [-0.39, 0.29) is 35.5 Å². The van der Waals surface area contributed by atoms with E-state index in [1.54, 1.807) is 60.7 Å². The van der Waals surface area contributed by atoms with Gasteiger partial charge in [-0.3, -0.25) is 24.1 Å². The third kappa shape index (κ3) is 4.55. The number of carbonyl (C=O) groups is 4. The SMILES string of the molecule is CC1=CC[C@@H]2C(=O)N(c3cccc(C(=O)Nc4ccc(C(=O)Nc5ccccc5)cc4)c3)C(=O)[C@@H]2C1. The van der Waals surface area contributed by atoms with Crippen molar-refractivity contribution in [2.75, 3.05) is 15.5 Å². The van der Waals surface area contributed by atoms with E-state index in [0.29, 0.717) is 41.0 Å². The molecule has 180 valence electrons. The number of nitrogens with zero attached hydrogens (tertiary/aromatic N) is 1. The molecule has 3 aromatic carbocycles. The molecule has 4 amide bonds. The van der Waals surface area contributed by atoms with Crippen LogP contribution in [0.4, 0.5) is 17.1 Å². The second-order valence-corrected chi connectivity index (χ2v) is 9.12. The molecular weight excluding hydrogens is 454 g/mol. The molecule has 0 unspecified atom stereocenters. The summed E-state index contributed by atoms with van der Waals surface area (Å²) in [4.78, 5) is 52.6. The molecule has 0 spiro atoms. The molecule has 2 atom stereocenters. The van der Waals surface area contributed by atoms with Crippen LogP contribution in [0.15, 0.2) is 90.5 Å². The van der Waals surface area contributed by atoms with Crippen molar-refractivity contribution in [2.24, 2.45) is 11.8 Å². The number of hydrogen-bond acceptors (Lipinski definition) is 4. The quantitative estimate of drug-likeness (QED) is 0.396. The first-order valence-electron chi connectivity index (χ1n) is 11.8. The monoisotopic (exact) mass is 479 g/mol. The number of carbonyl (C=O) groups excluding carboxylic acids is 4. The minimum atomic E-state index is -0.382. The molecule has 1 fully saturated rings. The van der Waals surface area contributed by atoms with Crippen LogP contribution in [0.25, 0.3) is 0 Å². The van der Waals surface area contributed by atoms with Gasteiger partial charge in [-0.1, -0.05) is 35.9 Å². The number of imide groups is 1. The molecule has 7 heteroatoms. The van der Waals surface area contributed by atoms with Crippen molar-refractivity contribution in [2.45, 2.75) is 19.8 Å². The highest BCUT2D eigenvalue weighted by atomic mass is 16.2. The van der Waals surface area contributed by atoms with Crippen molar-refractivity contribution >= 4 is 40.7 Å². The molecule has 2 aliphatic rings. The zero-order chi connectivity index (χ0) is 25.2. The van der Waals surface area contributed by atoms with Crippen molar-refractivity contribution in [1.29, 1.82) is 0 Å². The molecule has 2 N–H and O–H groups in total. The summed E-state index contributed by atoms with van der Waals surface area (Å²) in [7, 11) is 0. The third-order valence-electron chi connectivity index (χ3n) is 6.63. The highest BCUT2D eigenvalue weighted by Gasteiger charge is 2.48. The molecule has 1 heterocycles. The highest BCUT2D eigenvalue weighted by Crippen LogP contribution is 2.39. The Kier molecular flexibility index (Phi) is 6.21. The predicted octanol–water partition coefficient (Wildman–Crippen LogP) is 5.04. The van der Waals surface area contributed by atoms with Crippen molar-refractivity contribution in [1.82, 2.24) is 0 Å². The lowest BCUT2D eigenvalue weighted by Crippen LogP contribution is -2.31. The van der Waals surface area contributed by atoms with E-state index in [1.165, 1.54) is 4.90 Å². The van der Waals surface area contributed by atoms with Crippen molar-refractivity contribution < 1.29 is 19.2 Å². The van der Waals surface area contributed by atoms with Gasteiger partial charge in [0, 0.05) is 22.5 Å². The van der Waals surface area contributed by atoms with Crippen molar-refractivity contribution in [3.8, 4) is 0 Å². The summed E-state index contributed by atoms with van der Waals surface area (Å²) in [6.07, 6.45) is 3.18. The molecule has 0 saturated carbocycles. The Labute approximate surface area is 208 Å². The summed E-state index contributed by atoms with van der Waals surface area (Å²) in [5.74, 6) is -1.73. The largest absolute Gasteiger partial charge is 0.322 e. The Bertz CT molecular complexity index is 1380. The number of hydrogen-bond donors (Lipinski definition) is 2. The first-order chi connectivity index (χ1) is 17.4. The van der Waals surface area contributed by atoms with Crippen LogP contribution in [-0.4, -0.2) is 23.6 Å². The van der Waals surface area contributed by atoms with E-state index in [1.807, 2.05) is 31.2 Å². The summed E-state index contributed by atoms with van der Waals surface area (Å²) in [6, 6.07) is 22.2. The minimum Gasteiger partial charge on any atom is -0.322 e. The van der Waals surface area contributed by atoms with Gasteiger partial charge >= 0.3 is 0 Å². The molecule has 0 aromatic heterocycles. The summed E-state index contributed by atoms with van der Waals surface area (Å²) >= 11 is 0. The van der Waals surface area contributed by atoms with Crippen LogP contribution in [0.3, 0.4) is 0 Å². The van der Waals surface area contributed by atoms with Gasteiger partial charge in [-0.2, -0.15) is 0 Å². The van der Waals surface area contributed by atoms with Gasteiger partial charge in [0.15, 0.2) is 0 Å². The summed E-state index contributed by atoms with van der Waals surface area (Å²) in [6.45, 7) is 1.98. The lowest BCUT2D eigenvalue weighted by atomic mass is 9.82.